The molecule has 3 nitrogen and oxygen atoms in total. The van der Waals surface area contributed by atoms with E-state index in [0.29, 0.717) is 13.0 Å². The quantitative estimate of drug-likeness (QED) is 0.491. The third-order valence-corrected chi connectivity index (χ3v) is 1.90. The molecule has 2 N–H and O–H groups in total. The topological polar surface area (TPSA) is 41.1 Å². The molecule has 0 saturated heterocycles. The molecule has 0 bridgehead atoms. The fourth-order valence-electron chi connectivity index (χ4n) is 0.698. The largest absolute Gasteiger partial charge is 0.354 e. The van der Waals surface area contributed by atoms with Crippen LogP contribution in [0.5, 0.6) is 0 Å². The van der Waals surface area contributed by atoms with Crippen molar-refractivity contribution >= 4 is 5.91 Å². The Balaban J connectivity index is 3.79. The van der Waals surface area contributed by atoms with Crippen molar-refractivity contribution in [3.8, 4) is 11.8 Å². The van der Waals surface area contributed by atoms with Crippen LogP contribution < -0.4 is 10.6 Å². The minimum absolute atomic E-state index is 0.00732. The van der Waals surface area contributed by atoms with Crippen LogP contribution in [0.25, 0.3) is 0 Å². The lowest BCUT2D eigenvalue weighted by molar-refractivity contribution is -0.126. The van der Waals surface area contributed by atoms with Crippen molar-refractivity contribution in [1.29, 1.82) is 0 Å². The first-order valence-electron chi connectivity index (χ1n) is 4.41. The Kier molecular flexibility index (Phi) is 5.17. The van der Waals surface area contributed by atoms with Crippen molar-refractivity contribution in [1.82, 2.24) is 10.6 Å². The molecule has 0 spiro atoms. The molecule has 0 aliphatic heterocycles. The first-order chi connectivity index (χ1) is 6.04. The average molecular weight is 182 g/mol. The van der Waals surface area contributed by atoms with Gasteiger partial charge in [-0.3, -0.25) is 4.79 Å². The Morgan fingerprint density at radius 1 is 1.46 bits per heavy atom. The molecular formula is C10H18N2O. The van der Waals surface area contributed by atoms with Crippen molar-refractivity contribution in [3.63, 3.8) is 0 Å². The maximum Gasteiger partial charge on any atom is 0.239 e. The lowest BCUT2D eigenvalue weighted by atomic mass is 10.1. The van der Waals surface area contributed by atoms with Crippen LogP contribution in [-0.2, 0) is 4.79 Å². The van der Waals surface area contributed by atoms with Gasteiger partial charge in [0.25, 0.3) is 0 Å². The lowest BCUT2D eigenvalue weighted by Gasteiger charge is -2.22. The van der Waals surface area contributed by atoms with Gasteiger partial charge in [0.15, 0.2) is 0 Å². The van der Waals surface area contributed by atoms with Crippen LogP contribution >= 0.6 is 0 Å². The number of carbonyl (C=O) groups excluding carboxylic acids is 1. The summed E-state index contributed by atoms with van der Waals surface area (Å²) in [5, 5.41) is 5.74. The number of hydrogen-bond acceptors (Lipinski definition) is 2. The third-order valence-electron chi connectivity index (χ3n) is 1.90. The molecule has 0 aliphatic rings. The zero-order chi connectivity index (χ0) is 10.3. The van der Waals surface area contributed by atoms with Gasteiger partial charge in [-0.05, 0) is 27.8 Å². The van der Waals surface area contributed by atoms with Gasteiger partial charge >= 0.3 is 0 Å². The fourth-order valence-corrected chi connectivity index (χ4v) is 0.698. The predicted molar refractivity (Wildman–Crippen MR) is 54.2 cm³/mol. The van der Waals surface area contributed by atoms with Gasteiger partial charge in [0.2, 0.25) is 5.91 Å². The van der Waals surface area contributed by atoms with E-state index in [1.54, 1.807) is 14.0 Å². The van der Waals surface area contributed by atoms with Gasteiger partial charge in [0.05, 0.1) is 5.54 Å². The molecule has 1 amide bonds. The molecule has 0 fully saturated rings. The Bertz CT molecular complexity index is 223. The number of nitrogens with one attached hydrogen (secondary N) is 2. The highest BCUT2D eigenvalue weighted by atomic mass is 16.2. The van der Waals surface area contributed by atoms with Crippen molar-refractivity contribution in [2.75, 3.05) is 13.6 Å². The van der Waals surface area contributed by atoms with E-state index in [0.717, 1.165) is 0 Å². The normalized spacial score (nSPS) is 10.2. The van der Waals surface area contributed by atoms with Gasteiger partial charge in [-0.15, -0.1) is 11.8 Å². The molecule has 0 heterocycles. The van der Waals surface area contributed by atoms with Crippen LogP contribution in [0.4, 0.5) is 0 Å². The summed E-state index contributed by atoms with van der Waals surface area (Å²) in [5.74, 6) is 5.67. The molecular weight excluding hydrogens is 164 g/mol. The van der Waals surface area contributed by atoms with Gasteiger partial charge in [-0.25, -0.2) is 0 Å². The summed E-state index contributed by atoms with van der Waals surface area (Å²) in [6.45, 7) is 6.09. The SMILES string of the molecule is CC#CCCNC(=O)C(C)(C)NC. The molecule has 0 aromatic carbocycles. The highest BCUT2D eigenvalue weighted by Gasteiger charge is 2.23. The summed E-state index contributed by atoms with van der Waals surface area (Å²) in [7, 11) is 1.77. The summed E-state index contributed by atoms with van der Waals surface area (Å²) in [5.41, 5.74) is -0.500. The van der Waals surface area contributed by atoms with Crippen LogP contribution in [-0.4, -0.2) is 25.0 Å². The maximum absolute atomic E-state index is 11.4. The molecule has 74 valence electrons. The van der Waals surface area contributed by atoms with Gasteiger partial charge in [0, 0.05) is 13.0 Å². The molecule has 0 saturated carbocycles. The summed E-state index contributed by atoms with van der Waals surface area (Å²) < 4.78 is 0. The second-order valence-electron chi connectivity index (χ2n) is 3.31. The average Bonchev–Trinajstić information content (AvgIpc) is 2.12. The van der Waals surface area contributed by atoms with Crippen LogP contribution in [0, 0.1) is 11.8 Å². The maximum atomic E-state index is 11.4. The number of likely N-dealkylation sites (N-methyl/N-ethyl adjacent to an activating group) is 1. The van der Waals surface area contributed by atoms with Crippen molar-refractivity contribution in [2.45, 2.75) is 32.7 Å². The summed E-state index contributed by atoms with van der Waals surface area (Å²) in [6, 6.07) is 0. The smallest absolute Gasteiger partial charge is 0.239 e. The lowest BCUT2D eigenvalue weighted by Crippen LogP contribution is -2.51. The monoisotopic (exact) mass is 182 g/mol. The molecule has 0 radical (unpaired) electrons. The second-order valence-corrected chi connectivity index (χ2v) is 3.31. The Morgan fingerprint density at radius 2 is 2.08 bits per heavy atom. The zero-order valence-electron chi connectivity index (χ0n) is 8.82. The van der Waals surface area contributed by atoms with Crippen molar-refractivity contribution < 1.29 is 4.79 Å². The van der Waals surface area contributed by atoms with Gasteiger partial charge in [-0.2, -0.15) is 0 Å². The molecule has 13 heavy (non-hydrogen) atoms. The third kappa shape index (κ3) is 4.54. The highest BCUT2D eigenvalue weighted by molar-refractivity contribution is 5.85. The van der Waals surface area contributed by atoms with Crippen LogP contribution in [0.1, 0.15) is 27.2 Å². The second kappa shape index (κ2) is 5.60. The zero-order valence-corrected chi connectivity index (χ0v) is 8.82. The van der Waals surface area contributed by atoms with E-state index < -0.39 is 5.54 Å². The molecule has 0 atom stereocenters. The minimum Gasteiger partial charge on any atom is -0.354 e. The Morgan fingerprint density at radius 3 is 2.54 bits per heavy atom. The summed E-state index contributed by atoms with van der Waals surface area (Å²) >= 11 is 0. The number of rotatable bonds is 4. The molecule has 0 aromatic heterocycles. The van der Waals surface area contributed by atoms with Crippen LogP contribution in [0.2, 0.25) is 0 Å². The van der Waals surface area contributed by atoms with E-state index in [-0.39, 0.29) is 5.91 Å². The Hall–Kier alpha value is -1.01. The molecule has 0 aliphatic carbocycles. The van der Waals surface area contributed by atoms with Crippen LogP contribution in [0.3, 0.4) is 0 Å². The number of hydrogen-bond donors (Lipinski definition) is 2. The number of amides is 1. The van der Waals surface area contributed by atoms with E-state index in [1.807, 2.05) is 13.8 Å². The molecule has 3 heteroatoms. The van der Waals surface area contributed by atoms with Crippen molar-refractivity contribution in [2.24, 2.45) is 0 Å². The van der Waals surface area contributed by atoms with E-state index >= 15 is 0 Å². The van der Waals surface area contributed by atoms with E-state index in [4.69, 9.17) is 0 Å². The van der Waals surface area contributed by atoms with E-state index in [2.05, 4.69) is 22.5 Å². The highest BCUT2D eigenvalue weighted by Crippen LogP contribution is 1.99. The van der Waals surface area contributed by atoms with E-state index in [1.165, 1.54) is 0 Å². The number of carbonyl (C=O) groups is 1. The van der Waals surface area contributed by atoms with Crippen LogP contribution in [0.15, 0.2) is 0 Å². The predicted octanol–water partition coefficient (Wildman–Crippen LogP) is 0.514. The first-order valence-corrected chi connectivity index (χ1v) is 4.41. The minimum atomic E-state index is -0.500. The Labute approximate surface area is 80.3 Å². The molecule has 0 unspecified atom stereocenters. The molecule has 0 aromatic rings. The molecule has 0 rings (SSSR count). The van der Waals surface area contributed by atoms with Gasteiger partial charge in [-0.1, -0.05) is 0 Å². The standard InChI is InChI=1S/C10H18N2O/c1-5-6-7-8-12-9(13)10(2,3)11-4/h11H,7-8H2,1-4H3,(H,12,13). The van der Waals surface area contributed by atoms with E-state index in [9.17, 15) is 4.79 Å². The summed E-state index contributed by atoms with van der Waals surface area (Å²) in [4.78, 5) is 11.4. The van der Waals surface area contributed by atoms with Crippen molar-refractivity contribution in [3.05, 3.63) is 0 Å². The fraction of sp³-hybridized carbons (Fsp3) is 0.700. The first kappa shape index (κ1) is 12.0. The summed E-state index contributed by atoms with van der Waals surface area (Å²) in [6.07, 6.45) is 0.710. The van der Waals surface area contributed by atoms with Gasteiger partial charge < -0.3 is 10.6 Å². The van der Waals surface area contributed by atoms with Gasteiger partial charge in [0.1, 0.15) is 0 Å².